The minimum Gasteiger partial charge on any atom is -0.423 e. The molecular weight excluding hydrogens is 273 g/mol. The maximum atomic E-state index is 9.10. The van der Waals surface area contributed by atoms with E-state index in [1.165, 1.54) is 10.9 Å². The van der Waals surface area contributed by atoms with Gasteiger partial charge in [-0.3, -0.25) is 0 Å². The van der Waals surface area contributed by atoms with E-state index in [4.69, 9.17) is 10.0 Å². The zero-order chi connectivity index (χ0) is 15.5. The highest BCUT2D eigenvalue weighted by atomic mass is 16.4. The van der Waals surface area contributed by atoms with E-state index in [0.717, 1.165) is 11.1 Å². The first-order valence-corrected chi connectivity index (χ1v) is 7.17. The van der Waals surface area contributed by atoms with Gasteiger partial charge in [0.1, 0.15) is 7.05 Å². The lowest BCUT2D eigenvalue weighted by Crippen LogP contribution is -2.29. The second kappa shape index (κ2) is 6.14. The minimum atomic E-state index is -1.42. The van der Waals surface area contributed by atoms with Crippen molar-refractivity contribution in [1.82, 2.24) is 0 Å². The normalized spacial score (nSPS) is 11.2. The number of hydrogen-bond donors (Lipinski definition) is 2. The summed E-state index contributed by atoms with van der Waals surface area (Å²) in [4.78, 5) is 0. The molecule has 22 heavy (non-hydrogen) atoms. The van der Waals surface area contributed by atoms with E-state index in [1.807, 2.05) is 43.6 Å². The molecule has 108 valence electrons. The third-order valence-electron chi connectivity index (χ3n) is 3.76. The van der Waals surface area contributed by atoms with E-state index < -0.39 is 7.12 Å². The zero-order valence-corrected chi connectivity index (χ0v) is 12.3. The average Bonchev–Trinajstić information content (AvgIpc) is 2.55. The molecule has 2 aromatic carbocycles. The number of hydrogen-bond acceptors (Lipinski definition) is 2. The molecule has 2 N–H and O–H groups in total. The summed E-state index contributed by atoms with van der Waals surface area (Å²) in [5.74, 6) is 0. The Morgan fingerprint density at radius 1 is 0.909 bits per heavy atom. The molecule has 0 unspecified atom stereocenters. The predicted octanol–water partition coefficient (Wildman–Crippen LogP) is 1.51. The summed E-state index contributed by atoms with van der Waals surface area (Å²) in [5, 5.41) is 19.4. The highest BCUT2D eigenvalue weighted by Gasteiger charge is 2.09. The molecule has 0 aliphatic rings. The van der Waals surface area contributed by atoms with Gasteiger partial charge in [0.2, 0.25) is 5.52 Å². The van der Waals surface area contributed by atoms with Crippen molar-refractivity contribution in [2.45, 2.75) is 0 Å². The molecule has 0 saturated heterocycles. The van der Waals surface area contributed by atoms with Gasteiger partial charge in [0.05, 0.1) is 5.39 Å². The Morgan fingerprint density at radius 2 is 1.64 bits per heavy atom. The van der Waals surface area contributed by atoms with Crippen LogP contribution in [0.2, 0.25) is 0 Å². The molecule has 0 aliphatic carbocycles. The molecule has 0 atom stereocenters. The molecule has 3 nitrogen and oxygen atoms in total. The third kappa shape index (κ3) is 2.93. The maximum absolute atomic E-state index is 9.10. The van der Waals surface area contributed by atoms with Crippen LogP contribution in [0.15, 0.2) is 60.8 Å². The first-order valence-electron chi connectivity index (χ1n) is 7.17. The average molecular weight is 290 g/mol. The summed E-state index contributed by atoms with van der Waals surface area (Å²) in [5.41, 5.74) is 3.85. The first kappa shape index (κ1) is 14.5. The van der Waals surface area contributed by atoms with Gasteiger partial charge >= 0.3 is 7.12 Å². The predicted molar refractivity (Wildman–Crippen MR) is 90.3 cm³/mol. The summed E-state index contributed by atoms with van der Waals surface area (Å²) in [6.45, 7) is 0. The van der Waals surface area contributed by atoms with E-state index in [9.17, 15) is 0 Å². The van der Waals surface area contributed by atoms with Gasteiger partial charge in [-0.25, -0.2) is 4.57 Å². The lowest BCUT2D eigenvalue weighted by atomic mass is 9.80. The van der Waals surface area contributed by atoms with Crippen molar-refractivity contribution in [2.75, 3.05) is 0 Å². The highest BCUT2D eigenvalue weighted by Crippen LogP contribution is 2.17. The smallest absolute Gasteiger partial charge is 0.423 e. The standard InChI is InChI=1S/C18H17BNO2/c1-20-13-12-15(17-4-2-3-5-18(17)20)9-6-14-7-10-16(11-8-14)19(21)22/h2-13,21-22H,1H3/q+1/b9-6+. The summed E-state index contributed by atoms with van der Waals surface area (Å²) in [6, 6.07) is 17.6. The fourth-order valence-corrected chi connectivity index (χ4v) is 2.50. The van der Waals surface area contributed by atoms with Gasteiger partial charge in [0.15, 0.2) is 6.20 Å². The summed E-state index contributed by atoms with van der Waals surface area (Å²) in [7, 11) is 0.616. The second-order valence-corrected chi connectivity index (χ2v) is 5.27. The Hall–Kier alpha value is -2.43. The number of pyridine rings is 1. The van der Waals surface area contributed by atoms with Crippen molar-refractivity contribution in [3.63, 3.8) is 0 Å². The fourth-order valence-electron chi connectivity index (χ4n) is 2.50. The van der Waals surface area contributed by atoms with Crippen LogP contribution in [0.1, 0.15) is 11.1 Å². The number of nitrogens with zero attached hydrogens (tertiary/aromatic N) is 1. The molecule has 0 amide bonds. The molecule has 1 heterocycles. The van der Waals surface area contributed by atoms with Crippen LogP contribution in [0.5, 0.6) is 0 Å². The summed E-state index contributed by atoms with van der Waals surface area (Å²) in [6.07, 6.45) is 6.15. The largest absolute Gasteiger partial charge is 0.488 e. The first-order chi connectivity index (χ1) is 10.6. The Bertz CT molecular complexity index is 826. The lowest BCUT2D eigenvalue weighted by Gasteiger charge is -2.02. The Morgan fingerprint density at radius 3 is 2.36 bits per heavy atom. The minimum absolute atomic E-state index is 0.495. The van der Waals surface area contributed by atoms with E-state index in [0.29, 0.717) is 5.46 Å². The highest BCUT2D eigenvalue weighted by molar-refractivity contribution is 6.58. The zero-order valence-electron chi connectivity index (χ0n) is 12.3. The van der Waals surface area contributed by atoms with E-state index in [-0.39, 0.29) is 0 Å². The number of benzene rings is 2. The van der Waals surface area contributed by atoms with Gasteiger partial charge in [-0.15, -0.1) is 0 Å². The number of fused-ring (bicyclic) bond motifs is 1. The van der Waals surface area contributed by atoms with Crippen LogP contribution in [0.25, 0.3) is 23.1 Å². The quantitative estimate of drug-likeness (QED) is 0.567. The van der Waals surface area contributed by atoms with Gasteiger partial charge < -0.3 is 10.0 Å². The van der Waals surface area contributed by atoms with Crippen molar-refractivity contribution < 1.29 is 14.6 Å². The van der Waals surface area contributed by atoms with Crippen molar-refractivity contribution in [3.05, 3.63) is 71.9 Å². The molecule has 4 heteroatoms. The van der Waals surface area contributed by atoms with Gasteiger partial charge in [-0.05, 0) is 22.7 Å². The summed E-state index contributed by atoms with van der Waals surface area (Å²) >= 11 is 0. The van der Waals surface area contributed by atoms with Crippen molar-refractivity contribution in [2.24, 2.45) is 7.05 Å². The third-order valence-corrected chi connectivity index (χ3v) is 3.76. The van der Waals surface area contributed by atoms with Gasteiger partial charge in [-0.2, -0.15) is 0 Å². The van der Waals surface area contributed by atoms with Crippen molar-refractivity contribution in [1.29, 1.82) is 0 Å². The van der Waals surface area contributed by atoms with E-state index in [1.54, 1.807) is 12.1 Å². The molecule has 0 fully saturated rings. The monoisotopic (exact) mass is 290 g/mol. The van der Waals surface area contributed by atoms with Gasteiger partial charge in [0, 0.05) is 12.1 Å². The molecule has 0 aliphatic heterocycles. The van der Waals surface area contributed by atoms with Crippen LogP contribution in [0.3, 0.4) is 0 Å². The van der Waals surface area contributed by atoms with Crippen LogP contribution in [-0.4, -0.2) is 17.2 Å². The molecular formula is C18H17BNO2+. The molecule has 1 aromatic heterocycles. The van der Waals surface area contributed by atoms with Crippen LogP contribution < -0.4 is 10.0 Å². The topological polar surface area (TPSA) is 44.3 Å². The number of rotatable bonds is 3. The number of aromatic nitrogens is 1. The Kier molecular flexibility index (Phi) is 4.05. The Balaban J connectivity index is 1.94. The molecule has 0 saturated carbocycles. The van der Waals surface area contributed by atoms with Crippen LogP contribution in [0, 0.1) is 0 Å². The van der Waals surface area contributed by atoms with Crippen LogP contribution in [-0.2, 0) is 7.05 Å². The SMILES string of the molecule is C[n+]1ccc(/C=C/c2ccc(B(O)O)cc2)c2ccccc21. The molecule has 0 bridgehead atoms. The van der Waals surface area contributed by atoms with E-state index >= 15 is 0 Å². The maximum Gasteiger partial charge on any atom is 0.488 e. The Labute approximate surface area is 129 Å². The summed E-state index contributed by atoms with van der Waals surface area (Å²) < 4.78 is 2.10. The molecule has 0 spiro atoms. The molecule has 0 radical (unpaired) electrons. The second-order valence-electron chi connectivity index (χ2n) is 5.27. The van der Waals surface area contributed by atoms with Gasteiger partial charge in [0.25, 0.3) is 0 Å². The number of aryl methyl sites for hydroxylation is 1. The van der Waals surface area contributed by atoms with Crippen molar-refractivity contribution in [3.8, 4) is 0 Å². The van der Waals surface area contributed by atoms with Crippen LogP contribution in [0.4, 0.5) is 0 Å². The van der Waals surface area contributed by atoms with Crippen LogP contribution >= 0.6 is 0 Å². The fraction of sp³-hybridized carbons (Fsp3) is 0.0556. The van der Waals surface area contributed by atoms with E-state index in [2.05, 4.69) is 28.8 Å². The molecule has 3 rings (SSSR count). The lowest BCUT2D eigenvalue weighted by molar-refractivity contribution is -0.644. The number of para-hydroxylation sites is 1. The molecule has 3 aromatic rings. The van der Waals surface area contributed by atoms with Crippen molar-refractivity contribution >= 4 is 35.6 Å². The van der Waals surface area contributed by atoms with Gasteiger partial charge in [-0.1, -0.05) is 48.6 Å².